The quantitative estimate of drug-likeness (QED) is 0.623. The van der Waals surface area contributed by atoms with Gasteiger partial charge in [0.2, 0.25) is 0 Å². The fourth-order valence-electron chi connectivity index (χ4n) is 1.00. The van der Waals surface area contributed by atoms with Crippen LogP contribution in [0.3, 0.4) is 0 Å². The lowest BCUT2D eigenvalue weighted by Crippen LogP contribution is -2.16. The molecule has 0 spiro atoms. The maximum atomic E-state index is 5.51. The number of hydrogen-bond acceptors (Lipinski definition) is 2. The molecule has 54 valence electrons. The molecule has 1 saturated heterocycles. The van der Waals surface area contributed by atoms with E-state index < -0.39 is 0 Å². The van der Waals surface area contributed by atoms with Crippen molar-refractivity contribution in [2.24, 2.45) is 5.92 Å². The summed E-state index contributed by atoms with van der Waals surface area (Å²) < 4.78 is 5.19. The highest BCUT2D eigenvalue weighted by Gasteiger charge is 2.12. The van der Waals surface area contributed by atoms with Crippen molar-refractivity contribution in [2.45, 2.75) is 12.8 Å². The Morgan fingerprint density at radius 1 is 1.44 bits per heavy atom. The Kier molecular flexibility index (Phi) is 3.78. The summed E-state index contributed by atoms with van der Waals surface area (Å²) in [4.78, 5) is 0. The molecule has 0 aromatic heterocycles. The highest BCUT2D eigenvalue weighted by molar-refractivity contribution is 8.21. The van der Waals surface area contributed by atoms with Crippen LogP contribution in [0.4, 0.5) is 0 Å². The Bertz CT molecular complexity index is 70.7. The van der Waals surface area contributed by atoms with Crippen LogP contribution in [0.2, 0.25) is 0 Å². The molecule has 0 radical (unpaired) electrons. The molecule has 0 aromatic carbocycles. The van der Waals surface area contributed by atoms with Gasteiger partial charge in [0, 0.05) is 19.0 Å². The molecule has 0 aliphatic carbocycles. The number of ether oxygens (including phenoxy) is 1. The first-order valence-electron chi connectivity index (χ1n) is 3.25. The average Bonchev–Trinajstić information content (AvgIpc) is 1.91. The predicted molar refractivity (Wildman–Crippen MR) is 41.9 cm³/mol. The summed E-state index contributed by atoms with van der Waals surface area (Å²) in [6, 6.07) is 0. The van der Waals surface area contributed by atoms with Crippen molar-refractivity contribution < 1.29 is 4.74 Å². The van der Waals surface area contributed by atoms with Gasteiger partial charge in [0.15, 0.2) is 0 Å². The van der Waals surface area contributed by atoms with E-state index in [1.807, 2.05) is 0 Å². The van der Waals surface area contributed by atoms with Gasteiger partial charge in [-0.3, -0.25) is 0 Å². The smallest absolute Gasteiger partial charge is 0.0468 e. The van der Waals surface area contributed by atoms with Crippen LogP contribution in [0.1, 0.15) is 12.8 Å². The van der Waals surface area contributed by atoms with Gasteiger partial charge in [0.05, 0.1) is 0 Å². The predicted octanol–water partition coefficient (Wildman–Crippen LogP) is 2.30. The van der Waals surface area contributed by atoms with E-state index in [4.69, 9.17) is 15.4 Å². The molecule has 0 aromatic rings. The zero-order chi connectivity index (χ0) is 6.53. The van der Waals surface area contributed by atoms with Gasteiger partial charge in [0.1, 0.15) is 0 Å². The monoisotopic (exact) mass is 166 g/mol. The SMILES string of the molecule is ClSCC1CCOCC1. The second kappa shape index (κ2) is 4.42. The molecular formula is C6H11ClOS. The van der Waals surface area contributed by atoms with Gasteiger partial charge in [-0.15, -0.1) is 0 Å². The molecule has 0 amide bonds. The average molecular weight is 167 g/mol. The molecule has 1 heterocycles. The lowest BCUT2D eigenvalue weighted by atomic mass is 10.0. The van der Waals surface area contributed by atoms with Gasteiger partial charge >= 0.3 is 0 Å². The van der Waals surface area contributed by atoms with Crippen LogP contribution in [-0.4, -0.2) is 19.0 Å². The first-order chi connectivity index (χ1) is 4.43. The lowest BCUT2D eigenvalue weighted by Gasteiger charge is -2.19. The molecule has 1 nitrogen and oxygen atoms in total. The zero-order valence-electron chi connectivity index (χ0n) is 5.31. The minimum Gasteiger partial charge on any atom is -0.381 e. The van der Waals surface area contributed by atoms with Crippen LogP contribution in [0.15, 0.2) is 0 Å². The van der Waals surface area contributed by atoms with E-state index in [1.165, 1.54) is 23.8 Å². The minimum atomic E-state index is 0.807. The molecule has 0 unspecified atom stereocenters. The molecule has 0 bridgehead atoms. The Balaban J connectivity index is 2.08. The van der Waals surface area contributed by atoms with Crippen molar-refractivity contribution in [2.75, 3.05) is 19.0 Å². The third kappa shape index (κ3) is 2.78. The second-order valence-electron chi connectivity index (χ2n) is 2.33. The van der Waals surface area contributed by atoms with E-state index in [9.17, 15) is 0 Å². The number of hydrogen-bond donors (Lipinski definition) is 0. The Hall–Kier alpha value is 0.600. The summed E-state index contributed by atoms with van der Waals surface area (Å²) in [7, 11) is 6.94. The van der Waals surface area contributed by atoms with Crippen molar-refractivity contribution >= 4 is 21.7 Å². The van der Waals surface area contributed by atoms with Gasteiger partial charge < -0.3 is 4.74 Å². The summed E-state index contributed by atoms with van der Waals surface area (Å²) >= 11 is 0. The van der Waals surface area contributed by atoms with E-state index in [2.05, 4.69) is 0 Å². The standard InChI is InChI=1S/C6H11ClOS/c7-9-5-6-1-3-8-4-2-6/h6H,1-5H2. The van der Waals surface area contributed by atoms with Crippen molar-refractivity contribution in [3.8, 4) is 0 Å². The summed E-state index contributed by atoms with van der Waals surface area (Å²) in [6.45, 7) is 1.87. The molecule has 1 aliphatic rings. The van der Waals surface area contributed by atoms with Crippen molar-refractivity contribution in [1.29, 1.82) is 0 Å². The molecule has 0 saturated carbocycles. The molecule has 1 rings (SSSR count). The minimum absolute atomic E-state index is 0.807. The van der Waals surface area contributed by atoms with E-state index in [0.717, 1.165) is 24.9 Å². The first-order valence-corrected chi connectivity index (χ1v) is 5.06. The van der Waals surface area contributed by atoms with E-state index in [-0.39, 0.29) is 0 Å². The molecule has 9 heavy (non-hydrogen) atoms. The maximum absolute atomic E-state index is 5.51. The molecule has 1 aliphatic heterocycles. The van der Waals surface area contributed by atoms with Crippen molar-refractivity contribution in [3.63, 3.8) is 0 Å². The first kappa shape index (κ1) is 7.70. The summed E-state index contributed by atoms with van der Waals surface area (Å²) in [5.74, 6) is 1.89. The van der Waals surface area contributed by atoms with Crippen LogP contribution >= 0.6 is 21.7 Å². The number of rotatable bonds is 2. The summed E-state index contributed by atoms with van der Waals surface area (Å²) in [5, 5.41) is 0. The lowest BCUT2D eigenvalue weighted by molar-refractivity contribution is 0.0728. The molecule has 3 heteroatoms. The Labute approximate surface area is 64.6 Å². The van der Waals surface area contributed by atoms with Gasteiger partial charge in [0.25, 0.3) is 0 Å². The summed E-state index contributed by atoms with van der Waals surface area (Å²) in [6.07, 6.45) is 2.39. The van der Waals surface area contributed by atoms with Gasteiger partial charge in [-0.25, -0.2) is 0 Å². The third-order valence-corrected chi connectivity index (χ3v) is 2.61. The largest absolute Gasteiger partial charge is 0.381 e. The van der Waals surface area contributed by atoms with Gasteiger partial charge in [-0.2, -0.15) is 0 Å². The summed E-state index contributed by atoms with van der Waals surface area (Å²) in [5.41, 5.74) is 0. The van der Waals surface area contributed by atoms with Crippen LogP contribution in [0.5, 0.6) is 0 Å². The van der Waals surface area contributed by atoms with Crippen LogP contribution in [0, 0.1) is 5.92 Å². The molecular weight excluding hydrogens is 156 g/mol. The fourth-order valence-corrected chi connectivity index (χ4v) is 2.05. The van der Waals surface area contributed by atoms with E-state index >= 15 is 0 Å². The van der Waals surface area contributed by atoms with E-state index in [1.54, 1.807) is 0 Å². The van der Waals surface area contributed by atoms with Gasteiger partial charge in [-0.05, 0) is 29.4 Å². The Morgan fingerprint density at radius 3 is 2.67 bits per heavy atom. The van der Waals surface area contributed by atoms with Crippen molar-refractivity contribution in [3.05, 3.63) is 0 Å². The van der Waals surface area contributed by atoms with Crippen LogP contribution < -0.4 is 0 Å². The van der Waals surface area contributed by atoms with Crippen LogP contribution in [0.25, 0.3) is 0 Å². The third-order valence-electron chi connectivity index (χ3n) is 1.64. The molecule has 0 atom stereocenters. The topological polar surface area (TPSA) is 9.23 Å². The highest BCUT2D eigenvalue weighted by atomic mass is 35.7. The van der Waals surface area contributed by atoms with Crippen LogP contribution in [-0.2, 0) is 4.74 Å². The fraction of sp³-hybridized carbons (Fsp3) is 1.00. The zero-order valence-corrected chi connectivity index (χ0v) is 6.88. The molecule has 1 fully saturated rings. The van der Waals surface area contributed by atoms with E-state index in [0.29, 0.717) is 0 Å². The second-order valence-corrected chi connectivity index (χ2v) is 3.54. The number of halogens is 1. The van der Waals surface area contributed by atoms with Gasteiger partial charge in [-0.1, -0.05) is 11.0 Å². The normalized spacial score (nSPS) is 22.3. The Morgan fingerprint density at radius 2 is 2.11 bits per heavy atom. The highest BCUT2D eigenvalue weighted by Crippen LogP contribution is 2.21. The maximum Gasteiger partial charge on any atom is 0.0468 e. The molecule has 0 N–H and O–H groups in total. The van der Waals surface area contributed by atoms with Crippen molar-refractivity contribution in [1.82, 2.24) is 0 Å².